The van der Waals surface area contributed by atoms with Crippen LogP contribution in [0.3, 0.4) is 0 Å². The van der Waals surface area contributed by atoms with E-state index in [0.29, 0.717) is 0 Å². The summed E-state index contributed by atoms with van der Waals surface area (Å²) in [6, 6.07) is -0.000000000000000444. The van der Waals surface area contributed by atoms with Crippen LogP contribution in [0.2, 0.25) is 0 Å². The fourth-order valence-electron chi connectivity index (χ4n) is 0.110. The third-order valence-electron chi connectivity index (χ3n) is 0.907. The fourth-order valence-corrected chi connectivity index (χ4v) is 0.110. The van der Waals surface area contributed by atoms with E-state index in [0.717, 1.165) is 5.57 Å². The lowest BCUT2D eigenvalue weighted by molar-refractivity contribution is 1.00. The van der Waals surface area contributed by atoms with Gasteiger partial charge in [-0.05, 0) is 6.92 Å². The Kier molecular flexibility index (Phi) is 2.15. The molecule has 0 heterocycles. The van der Waals surface area contributed by atoms with Gasteiger partial charge in [-0.3, -0.25) is 0 Å². The van der Waals surface area contributed by atoms with Gasteiger partial charge >= 0.3 is 0 Å². The Bertz CT molecular complexity index is 108. The quantitative estimate of drug-likeness (QED) is 0.346. The second-order valence-corrected chi connectivity index (χ2v) is 1.65. The van der Waals surface area contributed by atoms with E-state index in [1.807, 2.05) is 13.8 Å². The fraction of sp³-hybridized carbons (Fsp3) is 0.500. The second-order valence-electron chi connectivity index (χ2n) is 1.65. The molecule has 0 spiro atoms. The van der Waals surface area contributed by atoms with Crippen LogP contribution < -0.4 is 0 Å². The van der Waals surface area contributed by atoms with Crippen LogP contribution in [0.25, 0.3) is 4.85 Å². The zero-order chi connectivity index (χ0) is 5.86. The molecule has 0 aromatic rings. The van der Waals surface area contributed by atoms with Gasteiger partial charge in [0.05, 0.1) is 0 Å². The molecule has 1 heteroatoms. The Balaban J connectivity index is 3.63. The van der Waals surface area contributed by atoms with Crippen molar-refractivity contribution >= 4 is 0 Å². The van der Waals surface area contributed by atoms with Gasteiger partial charge in [-0.1, -0.05) is 6.58 Å². The summed E-state index contributed by atoms with van der Waals surface area (Å²) in [5.41, 5.74) is 0.940. The van der Waals surface area contributed by atoms with Gasteiger partial charge in [0.1, 0.15) is 0 Å². The molecule has 0 aliphatic heterocycles. The maximum Gasteiger partial charge on any atom is 0.241 e. The Hall–Kier alpha value is -0.770. The van der Waals surface area contributed by atoms with Crippen LogP contribution in [0, 0.1) is 6.57 Å². The third-order valence-corrected chi connectivity index (χ3v) is 0.907. The standard InChI is InChI=1S/C6H9N/c1-5(2)6(3)7-4/h6H,1H2,2-3H3. The van der Waals surface area contributed by atoms with Crippen LogP contribution in [0.1, 0.15) is 13.8 Å². The SMILES string of the molecule is [C-]#[N+]C(C)C(=C)C. The predicted molar refractivity (Wildman–Crippen MR) is 30.9 cm³/mol. The molecule has 1 nitrogen and oxygen atoms in total. The van der Waals surface area contributed by atoms with Gasteiger partial charge in [-0.25, -0.2) is 6.57 Å². The molecule has 38 valence electrons. The molecular weight excluding hydrogens is 86.1 g/mol. The first-order valence-electron chi connectivity index (χ1n) is 2.20. The van der Waals surface area contributed by atoms with Crippen molar-refractivity contribution < 1.29 is 0 Å². The summed E-state index contributed by atoms with van der Waals surface area (Å²) in [7, 11) is 0. The summed E-state index contributed by atoms with van der Waals surface area (Å²) < 4.78 is 0. The van der Waals surface area contributed by atoms with Gasteiger partial charge in [0, 0.05) is 12.5 Å². The first-order chi connectivity index (χ1) is 3.18. The van der Waals surface area contributed by atoms with E-state index in [9.17, 15) is 0 Å². The lowest BCUT2D eigenvalue weighted by atomic mass is 10.2. The predicted octanol–water partition coefficient (Wildman–Crippen LogP) is 1.87. The van der Waals surface area contributed by atoms with Crippen molar-refractivity contribution in [3.8, 4) is 0 Å². The number of rotatable bonds is 1. The largest absolute Gasteiger partial charge is 0.309 e. The molecule has 0 amide bonds. The van der Waals surface area contributed by atoms with Crippen molar-refractivity contribution in [1.82, 2.24) is 0 Å². The number of hydrogen-bond donors (Lipinski definition) is 0. The van der Waals surface area contributed by atoms with Crippen molar-refractivity contribution in [3.05, 3.63) is 23.6 Å². The average molecular weight is 95.1 g/mol. The van der Waals surface area contributed by atoms with Gasteiger partial charge in [-0.15, -0.1) is 0 Å². The summed E-state index contributed by atoms with van der Waals surface area (Å²) >= 11 is 0. The summed E-state index contributed by atoms with van der Waals surface area (Å²) in [4.78, 5) is 3.24. The molecule has 0 fully saturated rings. The van der Waals surface area contributed by atoms with Crippen molar-refractivity contribution in [3.63, 3.8) is 0 Å². The Morgan fingerprint density at radius 3 is 2.29 bits per heavy atom. The maximum atomic E-state index is 6.50. The van der Waals surface area contributed by atoms with Gasteiger partial charge in [-0.2, -0.15) is 0 Å². The van der Waals surface area contributed by atoms with E-state index < -0.39 is 0 Å². The monoisotopic (exact) mass is 95.1 g/mol. The Morgan fingerprint density at radius 2 is 2.29 bits per heavy atom. The highest BCUT2D eigenvalue weighted by atomic mass is 14.7. The van der Waals surface area contributed by atoms with E-state index in [-0.39, 0.29) is 6.04 Å². The van der Waals surface area contributed by atoms with E-state index in [4.69, 9.17) is 6.57 Å². The van der Waals surface area contributed by atoms with Gasteiger partial charge < -0.3 is 4.85 Å². The van der Waals surface area contributed by atoms with Crippen LogP contribution in [-0.4, -0.2) is 6.04 Å². The molecule has 0 aromatic carbocycles. The zero-order valence-electron chi connectivity index (χ0n) is 4.73. The molecule has 0 bridgehead atoms. The molecule has 0 saturated carbocycles. The molecule has 7 heavy (non-hydrogen) atoms. The smallest absolute Gasteiger partial charge is 0.241 e. The third kappa shape index (κ3) is 1.99. The van der Waals surface area contributed by atoms with Gasteiger partial charge in [0.15, 0.2) is 0 Å². The summed E-state index contributed by atoms with van der Waals surface area (Å²) in [6.07, 6.45) is 0. The van der Waals surface area contributed by atoms with Crippen LogP contribution >= 0.6 is 0 Å². The number of nitrogens with zero attached hydrogens (tertiary/aromatic N) is 1. The molecule has 0 aromatic heterocycles. The molecule has 0 aliphatic rings. The second kappa shape index (κ2) is 2.41. The minimum absolute atomic E-state index is 0.000000000000000444. The van der Waals surface area contributed by atoms with Crippen LogP contribution in [0.15, 0.2) is 12.2 Å². The lowest BCUT2D eigenvalue weighted by Gasteiger charge is -1.91. The highest BCUT2D eigenvalue weighted by Gasteiger charge is 2.00. The first-order valence-corrected chi connectivity index (χ1v) is 2.20. The van der Waals surface area contributed by atoms with E-state index >= 15 is 0 Å². The molecule has 1 unspecified atom stereocenters. The average Bonchev–Trinajstić information content (AvgIpc) is 1.65. The van der Waals surface area contributed by atoms with Gasteiger partial charge in [0.25, 0.3) is 0 Å². The van der Waals surface area contributed by atoms with Crippen molar-refractivity contribution in [2.45, 2.75) is 19.9 Å². The topological polar surface area (TPSA) is 4.36 Å². The maximum absolute atomic E-state index is 6.50. The molecule has 1 atom stereocenters. The molecule has 0 aliphatic carbocycles. The Morgan fingerprint density at radius 1 is 1.86 bits per heavy atom. The molecule has 0 saturated heterocycles. The zero-order valence-corrected chi connectivity index (χ0v) is 4.73. The van der Waals surface area contributed by atoms with Crippen LogP contribution in [0.4, 0.5) is 0 Å². The summed E-state index contributed by atoms with van der Waals surface area (Å²) in [6.45, 7) is 13.8. The normalized spacial score (nSPS) is 12.1. The van der Waals surface area contributed by atoms with Crippen molar-refractivity contribution in [2.75, 3.05) is 0 Å². The highest BCUT2D eigenvalue weighted by molar-refractivity contribution is 5.04. The molecule has 0 N–H and O–H groups in total. The number of hydrogen-bond acceptors (Lipinski definition) is 0. The first kappa shape index (κ1) is 6.23. The lowest BCUT2D eigenvalue weighted by Crippen LogP contribution is -1.92. The van der Waals surface area contributed by atoms with E-state index in [1.165, 1.54) is 0 Å². The minimum atomic E-state index is -0.000000000000000444. The van der Waals surface area contributed by atoms with Crippen LogP contribution in [0.5, 0.6) is 0 Å². The van der Waals surface area contributed by atoms with E-state index in [2.05, 4.69) is 11.4 Å². The molecule has 0 rings (SSSR count). The van der Waals surface area contributed by atoms with Crippen molar-refractivity contribution in [1.29, 1.82) is 0 Å². The molecule has 0 radical (unpaired) electrons. The van der Waals surface area contributed by atoms with E-state index in [1.54, 1.807) is 0 Å². The molecular formula is C6H9N. The van der Waals surface area contributed by atoms with Gasteiger partial charge in [0.2, 0.25) is 6.04 Å². The summed E-state index contributed by atoms with van der Waals surface area (Å²) in [5, 5.41) is 0. The highest BCUT2D eigenvalue weighted by Crippen LogP contribution is 1.99. The minimum Gasteiger partial charge on any atom is -0.309 e. The Labute approximate surface area is 44.5 Å². The van der Waals surface area contributed by atoms with Crippen LogP contribution in [-0.2, 0) is 0 Å². The summed E-state index contributed by atoms with van der Waals surface area (Å²) in [5.74, 6) is 0. The van der Waals surface area contributed by atoms with Crippen molar-refractivity contribution in [2.24, 2.45) is 0 Å².